The van der Waals surface area contributed by atoms with E-state index < -0.39 is 0 Å². The van der Waals surface area contributed by atoms with Crippen molar-refractivity contribution in [1.82, 2.24) is 10.3 Å². The Kier molecular flexibility index (Phi) is 4.58. The van der Waals surface area contributed by atoms with Gasteiger partial charge in [0, 0.05) is 35.8 Å². The lowest BCUT2D eigenvalue weighted by Gasteiger charge is -2.22. The van der Waals surface area contributed by atoms with Gasteiger partial charge in [-0.15, -0.1) is 0 Å². The molecule has 1 aromatic heterocycles. The lowest BCUT2D eigenvalue weighted by atomic mass is 10.1. The molecule has 0 unspecified atom stereocenters. The minimum absolute atomic E-state index is 0.182. The molecule has 0 radical (unpaired) electrons. The van der Waals surface area contributed by atoms with Gasteiger partial charge in [-0.3, -0.25) is 0 Å². The Morgan fingerprint density at radius 2 is 1.75 bits per heavy atom. The summed E-state index contributed by atoms with van der Waals surface area (Å²) in [5.74, 6) is 1.75. The normalized spacial score (nSPS) is 20.0. The Morgan fingerprint density at radius 1 is 0.969 bits per heavy atom. The van der Waals surface area contributed by atoms with Crippen molar-refractivity contribution in [3.63, 3.8) is 0 Å². The van der Waals surface area contributed by atoms with Crippen molar-refractivity contribution in [2.75, 3.05) is 38.8 Å². The highest BCUT2D eigenvalue weighted by Gasteiger charge is 2.48. The van der Waals surface area contributed by atoms with E-state index in [2.05, 4.69) is 52.7 Å². The number of anilines is 1. The summed E-state index contributed by atoms with van der Waals surface area (Å²) in [6.07, 6.45) is 6.44. The zero-order valence-corrected chi connectivity index (χ0v) is 19.0. The summed E-state index contributed by atoms with van der Waals surface area (Å²) >= 11 is 0. The molecule has 3 fully saturated rings. The van der Waals surface area contributed by atoms with Crippen LogP contribution in [-0.4, -0.2) is 44.4 Å². The van der Waals surface area contributed by atoms with Gasteiger partial charge in [0.15, 0.2) is 0 Å². The maximum absolute atomic E-state index is 6.04. The fraction of sp³-hybridized carbons (Fsp3) is 0.444. The molecule has 5 heteroatoms. The van der Waals surface area contributed by atoms with Crippen molar-refractivity contribution >= 4 is 16.6 Å². The molecule has 1 N–H and O–H groups in total. The number of hydrogen-bond donors (Lipinski definition) is 1. The maximum Gasteiger partial charge on any atom is 0.121 e. The summed E-state index contributed by atoms with van der Waals surface area (Å²) in [7, 11) is 3.73. The zero-order valence-electron chi connectivity index (χ0n) is 19.0. The molecular weight excluding hydrogens is 398 g/mol. The van der Waals surface area contributed by atoms with Crippen LogP contribution in [0.15, 0.2) is 48.5 Å². The minimum Gasteiger partial charge on any atom is -0.497 e. The van der Waals surface area contributed by atoms with E-state index in [1.807, 2.05) is 13.1 Å². The Hall–Kier alpha value is -2.79. The Labute approximate surface area is 189 Å². The van der Waals surface area contributed by atoms with E-state index in [1.165, 1.54) is 43.2 Å². The van der Waals surface area contributed by atoms with Crippen LogP contribution in [0.5, 0.6) is 11.5 Å². The fourth-order valence-corrected chi connectivity index (χ4v) is 5.01. The Bertz CT molecular complexity index is 1150. The van der Waals surface area contributed by atoms with Crippen LogP contribution < -0.4 is 19.7 Å². The number of ether oxygens (including phenoxy) is 2. The third kappa shape index (κ3) is 3.58. The molecule has 3 aliphatic rings. The largest absolute Gasteiger partial charge is 0.497 e. The van der Waals surface area contributed by atoms with E-state index in [1.54, 1.807) is 7.11 Å². The zero-order chi connectivity index (χ0) is 21.8. The third-order valence-electron chi connectivity index (χ3n) is 7.78. The van der Waals surface area contributed by atoms with E-state index in [4.69, 9.17) is 14.5 Å². The van der Waals surface area contributed by atoms with Gasteiger partial charge < -0.3 is 19.7 Å². The fourth-order valence-electron chi connectivity index (χ4n) is 5.01. The Balaban J connectivity index is 1.32. The average Bonchev–Trinajstić information content (AvgIpc) is 3.74. The SMILES string of the molecule is CNC1(COc2ccc(-c3cc(N4CCC5(CC5)C4)c4ccc(OC)cc4n3)cc2)CC1. The lowest BCUT2D eigenvalue weighted by Crippen LogP contribution is -2.33. The van der Waals surface area contributed by atoms with Gasteiger partial charge in [0.05, 0.1) is 23.9 Å². The number of nitrogens with one attached hydrogen (secondary N) is 1. The summed E-state index contributed by atoms with van der Waals surface area (Å²) in [5.41, 5.74) is 5.14. The first-order valence-electron chi connectivity index (χ1n) is 11.8. The van der Waals surface area contributed by atoms with Gasteiger partial charge in [-0.2, -0.15) is 0 Å². The minimum atomic E-state index is 0.182. The standard InChI is InChI=1S/C27H31N3O2/c1-28-27(11-12-27)18-32-20-5-3-19(4-6-20)23-16-25(30-14-13-26(17-30)9-10-26)22-8-7-21(31-2)15-24(22)29-23/h3-8,15-16,28H,9-14,17-18H2,1-2H3. The second kappa shape index (κ2) is 7.38. The van der Waals surface area contributed by atoms with Gasteiger partial charge in [0.2, 0.25) is 0 Å². The number of hydrogen-bond acceptors (Lipinski definition) is 5. The number of fused-ring (bicyclic) bond motifs is 1. The van der Waals surface area contributed by atoms with Crippen LogP contribution in [0, 0.1) is 5.41 Å². The topological polar surface area (TPSA) is 46.6 Å². The predicted molar refractivity (Wildman–Crippen MR) is 129 cm³/mol. The molecule has 2 aliphatic carbocycles. The van der Waals surface area contributed by atoms with Crippen LogP contribution in [0.4, 0.5) is 5.69 Å². The number of methoxy groups -OCH3 is 1. The highest BCUT2D eigenvalue weighted by atomic mass is 16.5. The number of likely N-dealkylation sites (N-methyl/N-ethyl adjacent to an activating group) is 1. The summed E-state index contributed by atoms with van der Waals surface area (Å²) in [6, 6.07) is 16.9. The van der Waals surface area contributed by atoms with Crippen molar-refractivity contribution in [1.29, 1.82) is 0 Å². The van der Waals surface area contributed by atoms with Crippen LogP contribution in [0.25, 0.3) is 22.2 Å². The van der Waals surface area contributed by atoms with E-state index in [9.17, 15) is 0 Å². The van der Waals surface area contributed by atoms with Crippen molar-refractivity contribution in [2.45, 2.75) is 37.6 Å². The molecule has 2 aromatic carbocycles. The van der Waals surface area contributed by atoms with E-state index >= 15 is 0 Å². The molecule has 2 saturated carbocycles. The monoisotopic (exact) mass is 429 g/mol. The van der Waals surface area contributed by atoms with E-state index in [0.29, 0.717) is 5.41 Å². The first-order valence-corrected chi connectivity index (χ1v) is 11.8. The van der Waals surface area contributed by atoms with Crippen LogP contribution in [0.2, 0.25) is 0 Å². The van der Waals surface area contributed by atoms with Gasteiger partial charge >= 0.3 is 0 Å². The predicted octanol–water partition coefficient (Wildman–Crippen LogP) is 5.03. The summed E-state index contributed by atoms with van der Waals surface area (Å²) in [6.45, 7) is 3.01. The molecule has 166 valence electrons. The number of nitrogens with zero attached hydrogens (tertiary/aromatic N) is 2. The number of pyridine rings is 1. The maximum atomic E-state index is 6.04. The third-order valence-corrected chi connectivity index (χ3v) is 7.78. The molecule has 2 heterocycles. The number of aromatic nitrogens is 1. The van der Waals surface area contributed by atoms with Crippen molar-refractivity contribution in [3.8, 4) is 22.8 Å². The molecule has 6 rings (SSSR count). The highest BCUT2D eigenvalue weighted by molar-refractivity contribution is 5.95. The summed E-state index contributed by atoms with van der Waals surface area (Å²) in [4.78, 5) is 7.59. The van der Waals surface area contributed by atoms with Crippen molar-refractivity contribution in [2.24, 2.45) is 5.41 Å². The molecule has 0 amide bonds. The molecule has 1 aliphatic heterocycles. The summed E-state index contributed by atoms with van der Waals surface area (Å²) < 4.78 is 11.5. The Morgan fingerprint density at radius 3 is 2.41 bits per heavy atom. The highest BCUT2D eigenvalue weighted by Crippen LogP contribution is 2.54. The van der Waals surface area contributed by atoms with Crippen LogP contribution in [0.1, 0.15) is 32.1 Å². The first-order chi connectivity index (χ1) is 15.6. The van der Waals surface area contributed by atoms with Gasteiger partial charge in [0.25, 0.3) is 0 Å². The van der Waals surface area contributed by atoms with Gasteiger partial charge in [-0.1, -0.05) is 0 Å². The van der Waals surface area contributed by atoms with Crippen LogP contribution in [0.3, 0.4) is 0 Å². The quantitative estimate of drug-likeness (QED) is 0.571. The molecule has 32 heavy (non-hydrogen) atoms. The molecule has 1 saturated heterocycles. The van der Waals surface area contributed by atoms with E-state index in [-0.39, 0.29) is 5.54 Å². The van der Waals surface area contributed by atoms with Crippen molar-refractivity contribution < 1.29 is 9.47 Å². The smallest absolute Gasteiger partial charge is 0.121 e. The number of rotatable bonds is 7. The van der Waals surface area contributed by atoms with Gasteiger partial charge in [-0.05, 0) is 87.0 Å². The summed E-state index contributed by atoms with van der Waals surface area (Å²) in [5, 5.41) is 4.58. The molecule has 1 spiro atoms. The second-order valence-electron chi connectivity index (χ2n) is 9.92. The van der Waals surface area contributed by atoms with Gasteiger partial charge in [0.1, 0.15) is 18.1 Å². The molecule has 3 aromatic rings. The first kappa shape index (κ1) is 19.9. The van der Waals surface area contributed by atoms with Crippen molar-refractivity contribution in [3.05, 3.63) is 48.5 Å². The lowest BCUT2D eigenvalue weighted by molar-refractivity contribution is 0.259. The van der Waals surface area contributed by atoms with E-state index in [0.717, 1.165) is 48.0 Å². The van der Waals surface area contributed by atoms with Crippen LogP contribution >= 0.6 is 0 Å². The van der Waals surface area contributed by atoms with Gasteiger partial charge in [-0.25, -0.2) is 4.98 Å². The molecule has 0 bridgehead atoms. The molecule has 0 atom stereocenters. The molecular formula is C27H31N3O2. The molecule has 5 nitrogen and oxygen atoms in total. The second-order valence-corrected chi connectivity index (χ2v) is 9.92. The van der Waals surface area contributed by atoms with Crippen LogP contribution in [-0.2, 0) is 0 Å². The average molecular weight is 430 g/mol. The number of benzene rings is 2.